The van der Waals surface area contributed by atoms with Crippen molar-refractivity contribution in [3.63, 3.8) is 0 Å². The minimum atomic E-state index is -0.362. The number of carbonyl (C=O) groups is 1. The van der Waals surface area contributed by atoms with Gasteiger partial charge in [-0.2, -0.15) is 5.10 Å². The number of amides is 1. The van der Waals surface area contributed by atoms with Crippen molar-refractivity contribution in [2.24, 2.45) is 5.10 Å². The third kappa shape index (κ3) is 5.84. The van der Waals surface area contributed by atoms with Crippen molar-refractivity contribution in [1.29, 1.82) is 0 Å². The molecule has 6 heteroatoms. The molecule has 0 saturated carbocycles. The summed E-state index contributed by atoms with van der Waals surface area (Å²) in [5.41, 5.74) is 5.24. The van der Waals surface area contributed by atoms with Crippen molar-refractivity contribution in [2.75, 3.05) is 13.2 Å². The van der Waals surface area contributed by atoms with Crippen LogP contribution in [0.15, 0.2) is 41.5 Å². The number of benzene rings is 2. The molecule has 0 aliphatic carbocycles. The number of hydrogen-bond donors (Lipinski definition) is 2. The average molecular weight is 342 g/mol. The van der Waals surface area contributed by atoms with Crippen LogP contribution in [0.25, 0.3) is 0 Å². The van der Waals surface area contributed by atoms with Crippen LogP contribution in [0.5, 0.6) is 17.2 Å². The van der Waals surface area contributed by atoms with Gasteiger partial charge >= 0.3 is 0 Å². The van der Waals surface area contributed by atoms with Crippen LogP contribution in [0.3, 0.4) is 0 Å². The Kier molecular flexibility index (Phi) is 6.39. The second-order valence-electron chi connectivity index (χ2n) is 5.57. The van der Waals surface area contributed by atoms with E-state index in [0.717, 1.165) is 11.1 Å². The summed E-state index contributed by atoms with van der Waals surface area (Å²) in [7, 11) is 0. The van der Waals surface area contributed by atoms with Gasteiger partial charge in [0.25, 0.3) is 5.91 Å². The number of phenolic OH excluding ortho intramolecular Hbond substituents is 1. The Morgan fingerprint density at radius 2 is 1.88 bits per heavy atom. The highest BCUT2D eigenvalue weighted by molar-refractivity contribution is 5.83. The fourth-order valence-electron chi connectivity index (χ4n) is 2.26. The zero-order chi connectivity index (χ0) is 18.2. The van der Waals surface area contributed by atoms with E-state index in [0.29, 0.717) is 23.7 Å². The number of aromatic hydroxyl groups is 1. The lowest BCUT2D eigenvalue weighted by molar-refractivity contribution is -0.123. The van der Waals surface area contributed by atoms with Crippen LogP contribution in [0.1, 0.15) is 23.6 Å². The summed E-state index contributed by atoms with van der Waals surface area (Å²) < 4.78 is 10.8. The second-order valence-corrected chi connectivity index (χ2v) is 5.57. The molecular weight excluding hydrogens is 320 g/mol. The first-order valence-corrected chi connectivity index (χ1v) is 7.96. The van der Waals surface area contributed by atoms with E-state index in [4.69, 9.17) is 9.47 Å². The monoisotopic (exact) mass is 342 g/mol. The highest BCUT2D eigenvalue weighted by Gasteiger charge is 2.04. The lowest BCUT2D eigenvalue weighted by Gasteiger charge is -2.07. The number of carbonyl (C=O) groups excluding carboxylic acids is 1. The summed E-state index contributed by atoms with van der Waals surface area (Å²) in [5.74, 6) is 0.719. The molecule has 0 aromatic heterocycles. The average Bonchev–Trinajstić information content (AvgIpc) is 2.55. The van der Waals surface area contributed by atoms with Crippen molar-refractivity contribution < 1.29 is 19.4 Å². The fourth-order valence-corrected chi connectivity index (χ4v) is 2.26. The largest absolute Gasteiger partial charge is 0.504 e. The molecule has 0 unspecified atom stereocenters. The number of nitrogens with zero attached hydrogens (tertiary/aromatic N) is 1. The molecule has 132 valence electrons. The molecule has 2 aromatic rings. The molecule has 1 amide bonds. The molecule has 0 saturated heterocycles. The van der Waals surface area contributed by atoms with Gasteiger partial charge in [0.15, 0.2) is 18.1 Å². The summed E-state index contributed by atoms with van der Waals surface area (Å²) in [6, 6.07) is 10.6. The lowest BCUT2D eigenvalue weighted by Crippen LogP contribution is -2.24. The predicted molar refractivity (Wildman–Crippen MR) is 96.4 cm³/mol. The van der Waals surface area contributed by atoms with Crippen LogP contribution in [0.2, 0.25) is 0 Å². The number of hydrogen-bond acceptors (Lipinski definition) is 5. The third-order valence-corrected chi connectivity index (χ3v) is 3.25. The Labute approximate surface area is 147 Å². The van der Waals surface area contributed by atoms with Gasteiger partial charge in [0, 0.05) is 0 Å². The molecule has 6 nitrogen and oxygen atoms in total. The van der Waals surface area contributed by atoms with Crippen LogP contribution in [0, 0.1) is 13.8 Å². The van der Waals surface area contributed by atoms with Crippen molar-refractivity contribution in [3.8, 4) is 17.2 Å². The topological polar surface area (TPSA) is 80.2 Å². The van der Waals surface area contributed by atoms with Crippen LogP contribution >= 0.6 is 0 Å². The smallest absolute Gasteiger partial charge is 0.277 e. The fraction of sp³-hybridized carbons (Fsp3) is 0.263. The van der Waals surface area contributed by atoms with Gasteiger partial charge in [0.05, 0.1) is 12.8 Å². The van der Waals surface area contributed by atoms with E-state index < -0.39 is 0 Å². The molecule has 2 aromatic carbocycles. The van der Waals surface area contributed by atoms with Crippen LogP contribution < -0.4 is 14.9 Å². The summed E-state index contributed by atoms with van der Waals surface area (Å²) >= 11 is 0. The van der Waals surface area contributed by atoms with Gasteiger partial charge in [-0.15, -0.1) is 0 Å². The molecule has 0 radical (unpaired) electrons. The molecule has 0 bridgehead atoms. The van der Waals surface area contributed by atoms with Crippen molar-refractivity contribution in [3.05, 3.63) is 53.1 Å². The van der Waals surface area contributed by atoms with Gasteiger partial charge < -0.3 is 14.6 Å². The van der Waals surface area contributed by atoms with Gasteiger partial charge in [-0.25, -0.2) is 5.43 Å². The molecule has 0 aliphatic rings. The number of ether oxygens (including phenoxy) is 2. The first-order chi connectivity index (χ1) is 12.0. The van der Waals surface area contributed by atoms with E-state index in [-0.39, 0.29) is 18.3 Å². The zero-order valence-electron chi connectivity index (χ0n) is 14.6. The van der Waals surface area contributed by atoms with Crippen LogP contribution in [0.4, 0.5) is 0 Å². The minimum absolute atomic E-state index is 0.0601. The van der Waals surface area contributed by atoms with Gasteiger partial charge in [0.1, 0.15) is 5.75 Å². The molecule has 0 heterocycles. The van der Waals surface area contributed by atoms with E-state index in [2.05, 4.69) is 10.5 Å². The van der Waals surface area contributed by atoms with Gasteiger partial charge in [-0.05, 0) is 67.8 Å². The maximum atomic E-state index is 11.8. The molecule has 0 atom stereocenters. The molecular formula is C19H22N2O4. The molecule has 0 fully saturated rings. The Balaban J connectivity index is 1.87. The van der Waals surface area contributed by atoms with Crippen molar-refractivity contribution in [1.82, 2.24) is 5.43 Å². The maximum absolute atomic E-state index is 11.8. The number of hydrazone groups is 1. The quantitative estimate of drug-likeness (QED) is 0.599. The normalized spacial score (nSPS) is 10.7. The molecule has 0 aliphatic heterocycles. The maximum Gasteiger partial charge on any atom is 0.277 e. The summed E-state index contributed by atoms with van der Waals surface area (Å²) in [4.78, 5) is 11.8. The number of phenols is 1. The van der Waals surface area contributed by atoms with E-state index in [1.54, 1.807) is 12.1 Å². The van der Waals surface area contributed by atoms with Gasteiger partial charge in [0.2, 0.25) is 0 Å². The highest BCUT2D eigenvalue weighted by Crippen LogP contribution is 2.26. The predicted octanol–water partition coefficient (Wildman–Crippen LogP) is 2.94. The van der Waals surface area contributed by atoms with E-state index in [1.807, 2.05) is 39.0 Å². The minimum Gasteiger partial charge on any atom is -0.504 e. The van der Waals surface area contributed by atoms with Crippen molar-refractivity contribution >= 4 is 12.1 Å². The van der Waals surface area contributed by atoms with E-state index in [1.165, 1.54) is 12.3 Å². The number of nitrogens with one attached hydrogen (secondary N) is 1. The second kappa shape index (κ2) is 8.73. The molecule has 2 N–H and O–H groups in total. The van der Waals surface area contributed by atoms with Crippen molar-refractivity contribution in [2.45, 2.75) is 20.8 Å². The van der Waals surface area contributed by atoms with Gasteiger partial charge in [-0.3, -0.25) is 4.79 Å². The molecule has 25 heavy (non-hydrogen) atoms. The summed E-state index contributed by atoms with van der Waals surface area (Å²) in [5, 5.41) is 13.5. The highest BCUT2D eigenvalue weighted by atomic mass is 16.5. The number of rotatable bonds is 7. The lowest BCUT2D eigenvalue weighted by atomic mass is 10.1. The SMILES string of the molecule is CCOc1cc(/C=N/NC(=O)COc2cc(C)cc(C)c2)ccc1O. The van der Waals surface area contributed by atoms with Gasteiger partial charge in [-0.1, -0.05) is 6.07 Å². The molecule has 2 rings (SSSR count). The Bertz CT molecular complexity index is 752. The zero-order valence-corrected chi connectivity index (χ0v) is 14.6. The molecule has 0 spiro atoms. The Morgan fingerprint density at radius 1 is 1.16 bits per heavy atom. The van der Waals surface area contributed by atoms with Crippen LogP contribution in [-0.4, -0.2) is 30.4 Å². The van der Waals surface area contributed by atoms with E-state index in [9.17, 15) is 9.90 Å². The van der Waals surface area contributed by atoms with E-state index >= 15 is 0 Å². The summed E-state index contributed by atoms with van der Waals surface area (Å²) in [6.07, 6.45) is 1.47. The Morgan fingerprint density at radius 3 is 2.56 bits per heavy atom. The standard InChI is InChI=1S/C19H22N2O4/c1-4-24-18-10-15(5-6-17(18)22)11-20-21-19(23)12-25-16-8-13(2)7-14(3)9-16/h5-11,22H,4,12H2,1-3H3,(H,21,23)/b20-11+. The summed E-state index contributed by atoms with van der Waals surface area (Å²) in [6.45, 7) is 6.09. The first kappa shape index (κ1) is 18.3. The Hall–Kier alpha value is -3.02. The number of aryl methyl sites for hydroxylation is 2. The third-order valence-electron chi connectivity index (χ3n) is 3.25. The first-order valence-electron chi connectivity index (χ1n) is 7.96. The van der Waals surface area contributed by atoms with Crippen LogP contribution in [-0.2, 0) is 4.79 Å².